The number of carbonyl (C=O) groups excluding carboxylic acids is 3. The fourth-order valence-corrected chi connectivity index (χ4v) is 2.53. The molecule has 0 amide bonds. The molecule has 2 unspecified atom stereocenters. The number of ether oxygens (including phenoxy) is 4. The lowest BCUT2D eigenvalue weighted by Gasteiger charge is -2.42. The minimum atomic E-state index is -3.75. The number of carboxylic acid groups (broad SMARTS) is 1. The van der Waals surface area contributed by atoms with E-state index < -0.39 is 73.3 Å². The van der Waals surface area contributed by atoms with Crippen LogP contribution in [-0.4, -0.2) is 72.0 Å². The van der Waals surface area contributed by atoms with E-state index in [0.717, 1.165) is 20.8 Å². The number of halogens is 2. The van der Waals surface area contributed by atoms with Crippen molar-refractivity contribution in [2.45, 2.75) is 63.6 Å². The molecule has 0 aromatic carbocycles. The largest absolute Gasteiger partial charge is 0.477 e. The van der Waals surface area contributed by atoms with Crippen LogP contribution in [0.3, 0.4) is 0 Å². The predicted molar refractivity (Wildman–Crippen MR) is 81.6 cm³/mol. The number of carbonyl (C=O) groups is 4. The Labute approximate surface area is 152 Å². The fraction of sp³-hybridized carbons (Fsp3) is 0.733. The minimum absolute atomic E-state index is 0.620. The number of aliphatic carboxylic acids is 1. The highest BCUT2D eigenvalue weighted by Crippen LogP contribution is 2.35. The Morgan fingerprint density at radius 2 is 1.74 bits per heavy atom. The van der Waals surface area contributed by atoms with Crippen LogP contribution in [0.5, 0.6) is 0 Å². The minimum Gasteiger partial charge on any atom is -0.477 e. The van der Waals surface area contributed by atoms with E-state index in [-0.39, 0.29) is 0 Å². The number of rotatable bonds is 7. The first kappa shape index (κ1) is 22.7. The zero-order valence-electron chi connectivity index (χ0n) is 14.8. The average Bonchev–Trinajstić information content (AvgIpc) is 2.52. The van der Waals surface area contributed by atoms with Gasteiger partial charge >= 0.3 is 29.7 Å². The van der Waals surface area contributed by atoms with Gasteiger partial charge in [-0.05, 0) is 0 Å². The third kappa shape index (κ3) is 5.82. The van der Waals surface area contributed by atoms with Crippen molar-refractivity contribution in [2.75, 3.05) is 6.61 Å². The van der Waals surface area contributed by atoms with Crippen LogP contribution >= 0.6 is 0 Å². The maximum atomic E-state index is 14.5. The molecule has 154 valence electrons. The molecule has 3 N–H and O–H groups in total. The van der Waals surface area contributed by atoms with Gasteiger partial charge in [-0.2, -0.15) is 4.39 Å². The average molecular weight is 397 g/mol. The monoisotopic (exact) mass is 397 g/mol. The van der Waals surface area contributed by atoms with Crippen LogP contribution in [-0.2, 0) is 38.1 Å². The number of hydrogen-bond donors (Lipinski definition) is 2. The molecule has 1 fully saturated rings. The van der Waals surface area contributed by atoms with Crippen molar-refractivity contribution in [1.82, 2.24) is 0 Å². The molecule has 6 atom stereocenters. The molecule has 0 aromatic heterocycles. The molecule has 0 aliphatic carbocycles. The van der Waals surface area contributed by atoms with Crippen LogP contribution in [0, 0.1) is 0 Å². The Morgan fingerprint density at radius 1 is 1.19 bits per heavy atom. The van der Waals surface area contributed by atoms with E-state index in [1.807, 2.05) is 0 Å². The topological polar surface area (TPSA) is 151 Å². The Bertz CT molecular complexity index is 602. The van der Waals surface area contributed by atoms with Crippen molar-refractivity contribution in [3.8, 4) is 0 Å². The van der Waals surface area contributed by atoms with Crippen LogP contribution < -0.4 is 5.73 Å². The van der Waals surface area contributed by atoms with E-state index in [1.54, 1.807) is 0 Å². The third-order valence-corrected chi connectivity index (χ3v) is 3.66. The van der Waals surface area contributed by atoms with Crippen molar-refractivity contribution in [1.29, 1.82) is 0 Å². The Morgan fingerprint density at radius 3 is 2.19 bits per heavy atom. The predicted octanol–water partition coefficient (Wildman–Crippen LogP) is -0.382. The van der Waals surface area contributed by atoms with Crippen molar-refractivity contribution < 1.29 is 52.0 Å². The summed E-state index contributed by atoms with van der Waals surface area (Å²) in [6.07, 6.45) is -8.23. The van der Waals surface area contributed by atoms with E-state index >= 15 is 0 Å². The van der Waals surface area contributed by atoms with Crippen LogP contribution in [0.2, 0.25) is 0 Å². The zero-order valence-corrected chi connectivity index (χ0v) is 14.8. The molecule has 0 aromatic rings. The summed E-state index contributed by atoms with van der Waals surface area (Å²) < 4.78 is 47.7. The lowest BCUT2D eigenvalue weighted by molar-refractivity contribution is -0.273. The molecule has 27 heavy (non-hydrogen) atoms. The van der Waals surface area contributed by atoms with Gasteiger partial charge < -0.3 is 29.8 Å². The van der Waals surface area contributed by atoms with Crippen LogP contribution in [0.25, 0.3) is 0 Å². The van der Waals surface area contributed by atoms with Gasteiger partial charge in [-0.25, -0.2) is 9.18 Å². The highest BCUT2D eigenvalue weighted by atomic mass is 19.2. The third-order valence-electron chi connectivity index (χ3n) is 3.66. The van der Waals surface area contributed by atoms with Gasteiger partial charge in [-0.15, -0.1) is 0 Å². The summed E-state index contributed by atoms with van der Waals surface area (Å²) in [5.41, 5.74) is 5.73. The number of carboxylic acids is 1. The summed E-state index contributed by atoms with van der Waals surface area (Å²) in [7, 11) is 0. The highest BCUT2D eigenvalue weighted by molar-refractivity contribution is 5.76. The lowest BCUT2D eigenvalue weighted by Crippen LogP contribution is -2.64. The molecule has 10 nitrogen and oxygen atoms in total. The molecule has 1 aliphatic heterocycles. The Balaban J connectivity index is 3.23. The number of esters is 3. The molecule has 1 aliphatic rings. The molecule has 12 heteroatoms. The fourth-order valence-electron chi connectivity index (χ4n) is 2.53. The molecule has 0 spiro atoms. The first-order chi connectivity index (χ1) is 12.4. The summed E-state index contributed by atoms with van der Waals surface area (Å²) in [5, 5.41) is 8.95. The molecule has 1 rings (SSSR count). The quantitative estimate of drug-likeness (QED) is 0.429. The van der Waals surface area contributed by atoms with Gasteiger partial charge in [0.25, 0.3) is 0 Å². The van der Waals surface area contributed by atoms with Gasteiger partial charge in [0.05, 0.1) is 0 Å². The summed E-state index contributed by atoms with van der Waals surface area (Å²) in [6, 6.07) is -1.32. The standard InChI is InChI=1S/C15H21F2NO9/c1-6(19)24-5-10(25-7(2)20)13(26-8(3)21)12-9(18)4-11(16)15(17,27-12)14(22)23/h9-13H,4-5,18H2,1-3H3,(H,22,23)/t9-,10-,11?,12?,13-,15-/m1/s1. The highest BCUT2D eigenvalue weighted by Gasteiger charge is 2.58. The maximum absolute atomic E-state index is 14.5. The van der Waals surface area contributed by atoms with Crippen molar-refractivity contribution in [3.63, 3.8) is 0 Å². The van der Waals surface area contributed by atoms with Crippen LogP contribution in [0.4, 0.5) is 8.78 Å². The second-order valence-electron chi connectivity index (χ2n) is 5.92. The molecule has 0 radical (unpaired) electrons. The van der Waals surface area contributed by atoms with Gasteiger partial charge in [-0.3, -0.25) is 14.4 Å². The lowest BCUT2D eigenvalue weighted by atomic mass is 9.91. The van der Waals surface area contributed by atoms with Crippen LogP contribution in [0.1, 0.15) is 27.2 Å². The Kier molecular flexibility index (Phi) is 7.60. The summed E-state index contributed by atoms with van der Waals surface area (Å²) in [5.74, 6) is -8.56. The summed E-state index contributed by atoms with van der Waals surface area (Å²) in [6.45, 7) is 2.40. The number of alkyl halides is 2. The normalized spacial score (nSPS) is 29.9. The second kappa shape index (κ2) is 9.04. The smallest absolute Gasteiger partial charge is 0.372 e. The van der Waals surface area contributed by atoms with E-state index in [4.69, 9.17) is 29.8 Å². The van der Waals surface area contributed by atoms with Gasteiger partial charge in [0.1, 0.15) is 12.7 Å². The maximum Gasteiger partial charge on any atom is 0.372 e. The molecule has 0 bridgehead atoms. The Hall–Kier alpha value is -2.34. The first-order valence-corrected chi connectivity index (χ1v) is 7.86. The molecule has 0 saturated carbocycles. The molecule has 1 saturated heterocycles. The van der Waals surface area contributed by atoms with Crippen molar-refractivity contribution in [2.24, 2.45) is 5.73 Å². The molecular weight excluding hydrogens is 376 g/mol. The van der Waals surface area contributed by atoms with Crippen molar-refractivity contribution in [3.05, 3.63) is 0 Å². The molecular formula is C15H21F2NO9. The summed E-state index contributed by atoms with van der Waals surface area (Å²) >= 11 is 0. The van der Waals surface area contributed by atoms with Crippen LogP contribution in [0.15, 0.2) is 0 Å². The first-order valence-electron chi connectivity index (χ1n) is 7.86. The van der Waals surface area contributed by atoms with E-state index in [9.17, 15) is 28.0 Å². The van der Waals surface area contributed by atoms with Gasteiger partial charge in [-0.1, -0.05) is 0 Å². The van der Waals surface area contributed by atoms with E-state index in [0.29, 0.717) is 0 Å². The summed E-state index contributed by atoms with van der Waals surface area (Å²) in [4.78, 5) is 44.9. The molecule has 1 heterocycles. The number of nitrogens with two attached hydrogens (primary N) is 1. The van der Waals surface area contributed by atoms with Gasteiger partial charge in [0.15, 0.2) is 18.4 Å². The SMILES string of the molecule is CC(=O)OC[C@@H](OC(C)=O)[C@@H](OC(C)=O)C1O[C@@](F)(C(=O)O)C(F)C[C@H]1N. The van der Waals surface area contributed by atoms with E-state index in [2.05, 4.69) is 0 Å². The van der Waals surface area contributed by atoms with Gasteiger partial charge in [0, 0.05) is 33.2 Å². The number of hydrogen-bond acceptors (Lipinski definition) is 9. The van der Waals surface area contributed by atoms with E-state index in [1.165, 1.54) is 0 Å². The second-order valence-corrected chi connectivity index (χ2v) is 5.92. The zero-order chi connectivity index (χ0) is 20.9. The van der Waals surface area contributed by atoms with Gasteiger partial charge in [0.2, 0.25) is 0 Å². The van der Waals surface area contributed by atoms with Crippen molar-refractivity contribution >= 4 is 23.9 Å².